The molecule has 2 N–H and O–H groups in total. The minimum absolute atomic E-state index is 0.0295. The van der Waals surface area contributed by atoms with Gasteiger partial charge in [-0.1, -0.05) is 29.8 Å². The Morgan fingerprint density at radius 2 is 1.87 bits per heavy atom. The van der Waals surface area contributed by atoms with Gasteiger partial charge in [0.05, 0.1) is 5.41 Å². The van der Waals surface area contributed by atoms with E-state index in [0.717, 1.165) is 24.0 Å². The highest BCUT2D eigenvalue weighted by atomic mass is 35.5. The molecule has 2 amide bonds. The number of hydrogen-bond donors (Lipinski definition) is 2. The molecule has 1 aliphatic heterocycles. The molecule has 0 atom stereocenters. The van der Waals surface area contributed by atoms with Gasteiger partial charge >= 0.3 is 0 Å². The number of anilines is 1. The number of halogens is 1. The van der Waals surface area contributed by atoms with Gasteiger partial charge in [-0.15, -0.1) is 0 Å². The van der Waals surface area contributed by atoms with Gasteiger partial charge < -0.3 is 10.6 Å². The van der Waals surface area contributed by atoms with E-state index in [1.54, 1.807) is 6.07 Å². The molecular formula is C18H15ClN2O2. The van der Waals surface area contributed by atoms with E-state index < -0.39 is 5.41 Å². The van der Waals surface area contributed by atoms with Crippen LogP contribution in [0.1, 0.15) is 34.3 Å². The van der Waals surface area contributed by atoms with Gasteiger partial charge in [0.2, 0.25) is 5.91 Å². The van der Waals surface area contributed by atoms with Crippen LogP contribution in [0, 0.1) is 0 Å². The summed E-state index contributed by atoms with van der Waals surface area (Å²) in [4.78, 5) is 24.4. The predicted octanol–water partition coefficient (Wildman–Crippen LogP) is 3.25. The van der Waals surface area contributed by atoms with Crippen molar-refractivity contribution in [3.8, 4) is 0 Å². The van der Waals surface area contributed by atoms with Crippen molar-refractivity contribution in [3.05, 3.63) is 64.2 Å². The number of amides is 2. The summed E-state index contributed by atoms with van der Waals surface area (Å²) in [5.41, 5.74) is 2.78. The lowest BCUT2D eigenvalue weighted by Gasteiger charge is -2.16. The first-order chi connectivity index (χ1) is 11.1. The van der Waals surface area contributed by atoms with Crippen LogP contribution in [0.25, 0.3) is 0 Å². The highest BCUT2D eigenvalue weighted by Gasteiger charge is 2.51. The van der Waals surface area contributed by atoms with Gasteiger partial charge in [0.15, 0.2) is 0 Å². The Kier molecular flexibility index (Phi) is 3.16. The number of rotatable bonds is 3. The van der Waals surface area contributed by atoms with Crippen LogP contribution in [0.2, 0.25) is 5.02 Å². The molecule has 0 unspecified atom stereocenters. The van der Waals surface area contributed by atoms with Crippen molar-refractivity contribution in [1.29, 1.82) is 0 Å². The van der Waals surface area contributed by atoms with E-state index in [1.165, 1.54) is 0 Å². The molecular weight excluding hydrogens is 312 g/mol. The van der Waals surface area contributed by atoms with Crippen LogP contribution in [0.5, 0.6) is 0 Å². The first kappa shape index (κ1) is 14.3. The van der Waals surface area contributed by atoms with Gasteiger partial charge in [-0.2, -0.15) is 0 Å². The lowest BCUT2D eigenvalue weighted by atomic mass is 9.95. The Hall–Kier alpha value is -2.33. The third kappa shape index (κ3) is 2.39. The number of fused-ring (bicyclic) bond motifs is 1. The van der Waals surface area contributed by atoms with Crippen molar-refractivity contribution in [2.24, 2.45) is 0 Å². The van der Waals surface area contributed by atoms with E-state index in [1.807, 2.05) is 36.4 Å². The van der Waals surface area contributed by atoms with Crippen molar-refractivity contribution in [3.63, 3.8) is 0 Å². The average molecular weight is 327 g/mol. The Balaban J connectivity index is 1.57. The summed E-state index contributed by atoms with van der Waals surface area (Å²) in [6.45, 7) is 0.553. The minimum atomic E-state index is -0.466. The Morgan fingerprint density at radius 1 is 1.13 bits per heavy atom. The summed E-state index contributed by atoms with van der Waals surface area (Å²) < 4.78 is 0. The monoisotopic (exact) mass is 326 g/mol. The number of carbonyl (C=O) groups excluding carboxylic acids is 2. The fourth-order valence-electron chi connectivity index (χ4n) is 3.08. The Morgan fingerprint density at radius 3 is 2.57 bits per heavy atom. The molecule has 4 rings (SSSR count). The fourth-order valence-corrected chi connectivity index (χ4v) is 3.21. The summed E-state index contributed by atoms with van der Waals surface area (Å²) >= 11 is 5.92. The van der Waals surface area contributed by atoms with E-state index in [0.29, 0.717) is 22.8 Å². The lowest BCUT2D eigenvalue weighted by molar-refractivity contribution is -0.118. The van der Waals surface area contributed by atoms with Crippen molar-refractivity contribution in [2.45, 2.75) is 24.8 Å². The third-order valence-electron chi connectivity index (χ3n) is 4.63. The highest BCUT2D eigenvalue weighted by molar-refractivity contribution is 6.30. The zero-order valence-corrected chi connectivity index (χ0v) is 13.1. The van der Waals surface area contributed by atoms with E-state index >= 15 is 0 Å². The van der Waals surface area contributed by atoms with Crippen LogP contribution in [-0.4, -0.2) is 11.8 Å². The molecule has 1 aliphatic carbocycles. The van der Waals surface area contributed by atoms with Crippen LogP contribution in [0.4, 0.5) is 5.69 Å². The number of hydrogen-bond acceptors (Lipinski definition) is 2. The summed E-state index contributed by atoms with van der Waals surface area (Å²) in [6.07, 6.45) is 1.65. The fraction of sp³-hybridized carbons (Fsp3) is 0.222. The molecule has 0 aromatic heterocycles. The molecule has 2 aliphatic rings. The molecule has 0 saturated heterocycles. The van der Waals surface area contributed by atoms with Crippen molar-refractivity contribution in [1.82, 2.24) is 5.32 Å². The van der Waals surface area contributed by atoms with E-state index in [-0.39, 0.29) is 11.8 Å². The largest absolute Gasteiger partial charge is 0.348 e. The molecule has 0 spiro atoms. The van der Waals surface area contributed by atoms with Gasteiger partial charge in [-0.05, 0) is 48.2 Å². The number of benzene rings is 2. The molecule has 1 heterocycles. The molecule has 0 radical (unpaired) electrons. The van der Waals surface area contributed by atoms with Gasteiger partial charge in [-0.25, -0.2) is 0 Å². The molecule has 116 valence electrons. The molecule has 2 aromatic carbocycles. The molecule has 1 fully saturated rings. The Bertz CT molecular complexity index is 810. The summed E-state index contributed by atoms with van der Waals surface area (Å²) in [5.74, 6) is -0.117. The predicted molar refractivity (Wildman–Crippen MR) is 88.6 cm³/mol. The van der Waals surface area contributed by atoms with Gasteiger partial charge in [0.25, 0.3) is 5.91 Å². The Labute approximate surface area is 138 Å². The quantitative estimate of drug-likeness (QED) is 0.909. The third-order valence-corrected chi connectivity index (χ3v) is 4.89. The van der Waals surface area contributed by atoms with Crippen LogP contribution in [0.3, 0.4) is 0 Å². The van der Waals surface area contributed by atoms with Crippen LogP contribution in [0.15, 0.2) is 42.5 Å². The van der Waals surface area contributed by atoms with Crippen LogP contribution in [-0.2, 0) is 16.8 Å². The van der Waals surface area contributed by atoms with Crippen LogP contribution < -0.4 is 10.6 Å². The highest BCUT2D eigenvalue weighted by Crippen LogP contribution is 2.49. The SMILES string of the molecule is O=C1NCc2ccc(NC(=O)C3(c4ccc(Cl)cc4)CC3)cc21. The van der Waals surface area contributed by atoms with Crippen molar-refractivity contribution in [2.75, 3.05) is 5.32 Å². The lowest BCUT2D eigenvalue weighted by Crippen LogP contribution is -2.27. The summed E-state index contributed by atoms with van der Waals surface area (Å²) in [5, 5.41) is 6.39. The molecule has 2 aromatic rings. The normalized spacial score (nSPS) is 17.3. The zero-order chi connectivity index (χ0) is 16.0. The number of carbonyl (C=O) groups is 2. The van der Waals surface area contributed by atoms with Crippen molar-refractivity contribution >= 4 is 29.1 Å². The van der Waals surface area contributed by atoms with Gasteiger partial charge in [-0.3, -0.25) is 9.59 Å². The number of nitrogens with one attached hydrogen (secondary N) is 2. The van der Waals surface area contributed by atoms with Crippen LogP contribution >= 0.6 is 11.6 Å². The van der Waals surface area contributed by atoms with Gasteiger partial charge in [0.1, 0.15) is 0 Å². The topological polar surface area (TPSA) is 58.2 Å². The zero-order valence-electron chi connectivity index (χ0n) is 12.4. The van der Waals surface area contributed by atoms with E-state index in [2.05, 4.69) is 10.6 Å². The first-order valence-corrected chi connectivity index (χ1v) is 7.95. The second kappa shape index (κ2) is 5.10. The average Bonchev–Trinajstić information content (AvgIpc) is 3.28. The van der Waals surface area contributed by atoms with Crippen molar-refractivity contribution < 1.29 is 9.59 Å². The summed E-state index contributed by atoms with van der Waals surface area (Å²) in [7, 11) is 0. The molecule has 23 heavy (non-hydrogen) atoms. The molecule has 0 bridgehead atoms. The van der Waals surface area contributed by atoms with E-state index in [9.17, 15) is 9.59 Å². The van der Waals surface area contributed by atoms with E-state index in [4.69, 9.17) is 11.6 Å². The maximum absolute atomic E-state index is 12.7. The first-order valence-electron chi connectivity index (χ1n) is 7.57. The standard InChI is InChI=1S/C18H15ClN2O2/c19-13-4-2-12(3-5-13)18(7-8-18)17(23)21-14-6-1-11-10-20-16(22)15(11)9-14/h1-6,9H,7-8,10H2,(H,20,22)(H,21,23). The molecule has 4 nitrogen and oxygen atoms in total. The molecule has 1 saturated carbocycles. The minimum Gasteiger partial charge on any atom is -0.348 e. The maximum Gasteiger partial charge on any atom is 0.251 e. The maximum atomic E-state index is 12.7. The second-order valence-electron chi connectivity index (χ2n) is 6.10. The second-order valence-corrected chi connectivity index (χ2v) is 6.53. The summed E-state index contributed by atoms with van der Waals surface area (Å²) in [6, 6.07) is 12.9. The smallest absolute Gasteiger partial charge is 0.251 e. The molecule has 5 heteroatoms. The van der Waals surface area contributed by atoms with Gasteiger partial charge in [0, 0.05) is 22.8 Å².